The van der Waals surface area contributed by atoms with E-state index in [-0.39, 0.29) is 5.82 Å². The standard InChI is InChI=1S/C16H16BrFO/c1-11-3-4-14(7-12(11)2)10-19-16-6-5-13(9-17)8-15(16)18/h3-8H,9-10H2,1-2H3. The Bertz CT molecular complexity index is 581. The highest BCUT2D eigenvalue weighted by atomic mass is 79.9. The normalized spacial score (nSPS) is 10.5. The van der Waals surface area contributed by atoms with Crippen molar-refractivity contribution in [3.05, 3.63) is 64.5 Å². The van der Waals surface area contributed by atoms with E-state index in [1.165, 1.54) is 17.2 Å². The van der Waals surface area contributed by atoms with Crippen LogP contribution < -0.4 is 4.74 Å². The second kappa shape index (κ2) is 6.20. The minimum Gasteiger partial charge on any atom is -0.486 e. The van der Waals surface area contributed by atoms with E-state index in [0.717, 1.165) is 11.1 Å². The molecule has 2 aromatic carbocycles. The van der Waals surface area contributed by atoms with E-state index in [1.54, 1.807) is 6.07 Å². The molecule has 3 heteroatoms. The van der Waals surface area contributed by atoms with Gasteiger partial charge in [0.15, 0.2) is 11.6 Å². The first kappa shape index (κ1) is 14.1. The maximum absolute atomic E-state index is 13.7. The third-order valence-electron chi connectivity index (χ3n) is 3.12. The lowest BCUT2D eigenvalue weighted by molar-refractivity contribution is 0.290. The number of benzene rings is 2. The van der Waals surface area contributed by atoms with Crippen molar-refractivity contribution in [3.8, 4) is 5.75 Å². The van der Waals surface area contributed by atoms with Gasteiger partial charge in [-0.3, -0.25) is 0 Å². The summed E-state index contributed by atoms with van der Waals surface area (Å²) in [4.78, 5) is 0. The second-order valence-electron chi connectivity index (χ2n) is 4.61. The van der Waals surface area contributed by atoms with Gasteiger partial charge in [0, 0.05) is 5.33 Å². The van der Waals surface area contributed by atoms with Gasteiger partial charge in [-0.25, -0.2) is 4.39 Å². The van der Waals surface area contributed by atoms with Gasteiger partial charge in [-0.15, -0.1) is 0 Å². The topological polar surface area (TPSA) is 9.23 Å². The third-order valence-corrected chi connectivity index (χ3v) is 3.76. The molecule has 19 heavy (non-hydrogen) atoms. The highest BCUT2D eigenvalue weighted by Crippen LogP contribution is 2.21. The van der Waals surface area contributed by atoms with Crippen LogP contribution in [0.5, 0.6) is 5.75 Å². The summed E-state index contributed by atoms with van der Waals surface area (Å²) < 4.78 is 19.3. The molecule has 0 aliphatic heterocycles. The summed E-state index contributed by atoms with van der Waals surface area (Å²) >= 11 is 3.30. The zero-order chi connectivity index (χ0) is 13.8. The van der Waals surface area contributed by atoms with Gasteiger partial charge in [0.2, 0.25) is 0 Å². The zero-order valence-corrected chi connectivity index (χ0v) is 12.6. The average molecular weight is 323 g/mol. The minimum absolute atomic E-state index is 0.294. The molecular formula is C16H16BrFO. The highest BCUT2D eigenvalue weighted by Gasteiger charge is 2.05. The lowest BCUT2D eigenvalue weighted by atomic mass is 10.1. The van der Waals surface area contributed by atoms with Gasteiger partial charge in [-0.05, 0) is 48.2 Å². The van der Waals surface area contributed by atoms with Crippen LogP contribution in [0.25, 0.3) is 0 Å². The molecule has 0 aromatic heterocycles. The molecule has 0 fully saturated rings. The van der Waals surface area contributed by atoms with Gasteiger partial charge in [-0.1, -0.05) is 40.2 Å². The Morgan fingerprint density at radius 1 is 1.00 bits per heavy atom. The van der Waals surface area contributed by atoms with E-state index in [9.17, 15) is 4.39 Å². The summed E-state index contributed by atoms with van der Waals surface area (Å²) in [5.41, 5.74) is 4.41. The number of aryl methyl sites for hydroxylation is 2. The first-order valence-corrected chi connectivity index (χ1v) is 7.25. The molecule has 0 spiro atoms. The van der Waals surface area contributed by atoms with Crippen LogP contribution in [0.4, 0.5) is 4.39 Å². The number of rotatable bonds is 4. The van der Waals surface area contributed by atoms with Crippen molar-refractivity contribution < 1.29 is 9.13 Å². The van der Waals surface area contributed by atoms with E-state index in [1.807, 2.05) is 12.1 Å². The van der Waals surface area contributed by atoms with Gasteiger partial charge < -0.3 is 4.74 Å². The Morgan fingerprint density at radius 2 is 1.74 bits per heavy atom. The molecule has 0 saturated heterocycles. The summed E-state index contributed by atoms with van der Waals surface area (Å²) in [7, 11) is 0. The molecule has 0 atom stereocenters. The lowest BCUT2D eigenvalue weighted by Gasteiger charge is -2.09. The molecule has 0 aliphatic carbocycles. The molecule has 1 nitrogen and oxygen atoms in total. The van der Waals surface area contributed by atoms with Gasteiger partial charge in [0.1, 0.15) is 6.61 Å². The van der Waals surface area contributed by atoms with E-state index < -0.39 is 0 Å². The predicted molar refractivity (Wildman–Crippen MR) is 79.3 cm³/mol. The third kappa shape index (κ3) is 3.57. The van der Waals surface area contributed by atoms with Crippen LogP contribution >= 0.6 is 15.9 Å². The van der Waals surface area contributed by atoms with Gasteiger partial charge in [-0.2, -0.15) is 0 Å². The number of ether oxygens (including phenoxy) is 1. The van der Waals surface area contributed by atoms with Crippen LogP contribution in [0.2, 0.25) is 0 Å². The van der Waals surface area contributed by atoms with Crippen molar-refractivity contribution in [2.45, 2.75) is 25.8 Å². The molecule has 0 aliphatic rings. The quantitative estimate of drug-likeness (QED) is 0.726. The van der Waals surface area contributed by atoms with Crippen molar-refractivity contribution in [3.63, 3.8) is 0 Å². The van der Waals surface area contributed by atoms with Gasteiger partial charge >= 0.3 is 0 Å². The first-order chi connectivity index (χ1) is 9.10. The van der Waals surface area contributed by atoms with Crippen LogP contribution in [0.3, 0.4) is 0 Å². The molecular weight excluding hydrogens is 307 g/mol. The maximum Gasteiger partial charge on any atom is 0.165 e. The summed E-state index contributed by atoms with van der Waals surface area (Å²) in [6.45, 7) is 4.51. The van der Waals surface area contributed by atoms with Crippen molar-refractivity contribution in [2.75, 3.05) is 0 Å². The fraction of sp³-hybridized carbons (Fsp3) is 0.250. The molecule has 0 heterocycles. The average Bonchev–Trinajstić information content (AvgIpc) is 2.41. The van der Waals surface area contributed by atoms with Crippen molar-refractivity contribution >= 4 is 15.9 Å². The number of hydrogen-bond acceptors (Lipinski definition) is 1. The number of hydrogen-bond donors (Lipinski definition) is 0. The molecule has 0 saturated carbocycles. The fourth-order valence-corrected chi connectivity index (χ4v) is 2.15. The van der Waals surface area contributed by atoms with Crippen molar-refractivity contribution in [2.24, 2.45) is 0 Å². The maximum atomic E-state index is 13.7. The monoisotopic (exact) mass is 322 g/mol. The molecule has 0 radical (unpaired) electrons. The molecule has 0 N–H and O–H groups in total. The summed E-state index contributed by atoms with van der Waals surface area (Å²) in [5, 5.41) is 0.640. The fourth-order valence-electron chi connectivity index (χ4n) is 1.80. The molecule has 100 valence electrons. The first-order valence-electron chi connectivity index (χ1n) is 6.13. The van der Waals surface area contributed by atoms with Gasteiger partial charge in [0.25, 0.3) is 0 Å². The predicted octanol–water partition coefficient (Wildman–Crippen LogP) is 4.92. The van der Waals surface area contributed by atoms with Crippen molar-refractivity contribution in [1.29, 1.82) is 0 Å². The Morgan fingerprint density at radius 3 is 2.37 bits per heavy atom. The highest BCUT2D eigenvalue weighted by molar-refractivity contribution is 9.08. The smallest absolute Gasteiger partial charge is 0.165 e. The molecule has 0 amide bonds. The zero-order valence-electron chi connectivity index (χ0n) is 11.0. The molecule has 0 bridgehead atoms. The van der Waals surface area contributed by atoms with Crippen LogP contribution in [0, 0.1) is 19.7 Å². The number of alkyl halides is 1. The van der Waals surface area contributed by atoms with Crippen LogP contribution in [0.15, 0.2) is 36.4 Å². The van der Waals surface area contributed by atoms with Crippen LogP contribution in [0.1, 0.15) is 22.3 Å². The van der Waals surface area contributed by atoms with Crippen LogP contribution in [-0.4, -0.2) is 0 Å². The molecule has 2 rings (SSSR count). The minimum atomic E-state index is -0.319. The summed E-state index contributed by atoms with van der Waals surface area (Å²) in [6, 6.07) is 11.1. The van der Waals surface area contributed by atoms with Crippen LogP contribution in [-0.2, 0) is 11.9 Å². The summed E-state index contributed by atoms with van der Waals surface area (Å²) in [5.74, 6) is -0.0243. The van der Waals surface area contributed by atoms with E-state index in [4.69, 9.17) is 4.74 Å². The number of halogens is 2. The van der Waals surface area contributed by atoms with E-state index in [0.29, 0.717) is 17.7 Å². The Labute approximate surface area is 121 Å². The Balaban J connectivity index is 2.07. The largest absolute Gasteiger partial charge is 0.486 e. The van der Waals surface area contributed by atoms with E-state index >= 15 is 0 Å². The Kier molecular flexibility index (Phi) is 4.59. The SMILES string of the molecule is Cc1ccc(COc2ccc(CBr)cc2F)cc1C. The lowest BCUT2D eigenvalue weighted by Crippen LogP contribution is -1.98. The van der Waals surface area contributed by atoms with Crippen molar-refractivity contribution in [1.82, 2.24) is 0 Å². The van der Waals surface area contributed by atoms with E-state index in [2.05, 4.69) is 41.9 Å². The van der Waals surface area contributed by atoms with Gasteiger partial charge in [0.05, 0.1) is 0 Å². The molecule has 2 aromatic rings. The summed E-state index contributed by atoms with van der Waals surface area (Å²) in [6.07, 6.45) is 0. The Hall–Kier alpha value is -1.35. The molecule has 0 unspecified atom stereocenters. The second-order valence-corrected chi connectivity index (χ2v) is 5.17.